The molecule has 0 spiro atoms. The topological polar surface area (TPSA) is 0 Å². The van der Waals surface area contributed by atoms with E-state index in [1.54, 1.807) is 0 Å². The fraction of sp³-hybridized carbons (Fsp3) is 0. The Labute approximate surface area is 99.2 Å². The number of halogens is 2. The van der Waals surface area contributed by atoms with Crippen LogP contribution in [0.1, 0.15) is 0 Å². The number of benzene rings is 2. The minimum atomic E-state index is 1.01. The molecule has 0 unspecified atom stereocenters. The van der Waals surface area contributed by atoms with Crippen LogP contribution in [0.2, 0.25) is 0 Å². The molecule has 67 valence electrons. The highest BCUT2D eigenvalue weighted by molar-refractivity contribution is 9.10. The monoisotopic (exact) mass is 307 g/mol. The SMILES string of the molecule is Brc1[c]c2c(cc1)-c1cccc(Br)c1-2. The highest BCUT2D eigenvalue weighted by Gasteiger charge is 2.24. The summed E-state index contributed by atoms with van der Waals surface area (Å²) in [6.07, 6.45) is 0. The van der Waals surface area contributed by atoms with Crippen molar-refractivity contribution in [3.63, 3.8) is 0 Å². The Morgan fingerprint density at radius 2 is 1.79 bits per heavy atom. The largest absolute Gasteiger partial charge is 0.0605 e. The van der Waals surface area contributed by atoms with E-state index in [1.165, 1.54) is 22.3 Å². The summed E-state index contributed by atoms with van der Waals surface area (Å²) in [6.45, 7) is 0. The average Bonchev–Trinajstić information content (AvgIpc) is 2.14. The van der Waals surface area contributed by atoms with E-state index in [1.807, 2.05) is 6.07 Å². The molecule has 0 amide bonds. The molecule has 1 aliphatic rings. The molecule has 0 saturated carbocycles. The van der Waals surface area contributed by atoms with E-state index < -0.39 is 0 Å². The van der Waals surface area contributed by atoms with Gasteiger partial charge in [-0.25, -0.2) is 0 Å². The molecule has 0 nitrogen and oxygen atoms in total. The average molecular weight is 309 g/mol. The van der Waals surface area contributed by atoms with E-state index in [2.05, 4.69) is 62.2 Å². The quantitative estimate of drug-likeness (QED) is 0.566. The lowest BCUT2D eigenvalue weighted by Crippen LogP contribution is -1.99. The fourth-order valence-corrected chi connectivity index (χ4v) is 2.72. The van der Waals surface area contributed by atoms with Crippen molar-refractivity contribution in [1.29, 1.82) is 0 Å². The van der Waals surface area contributed by atoms with Crippen molar-refractivity contribution in [2.45, 2.75) is 0 Å². The Morgan fingerprint density at radius 3 is 2.64 bits per heavy atom. The summed E-state index contributed by atoms with van der Waals surface area (Å²) in [4.78, 5) is 0. The third kappa shape index (κ3) is 1.04. The number of hydrogen-bond donors (Lipinski definition) is 0. The maximum atomic E-state index is 3.56. The smallest absolute Gasteiger partial charge is 0.0261 e. The van der Waals surface area contributed by atoms with Crippen molar-refractivity contribution < 1.29 is 0 Å². The molecule has 3 rings (SSSR count). The van der Waals surface area contributed by atoms with Gasteiger partial charge in [-0.05, 0) is 23.3 Å². The summed E-state index contributed by atoms with van der Waals surface area (Å²) in [5.74, 6) is 0. The summed E-state index contributed by atoms with van der Waals surface area (Å²) in [7, 11) is 0. The first-order chi connectivity index (χ1) is 6.77. The van der Waals surface area contributed by atoms with E-state index in [0.717, 1.165) is 8.95 Å². The lowest BCUT2D eigenvalue weighted by molar-refractivity contribution is 1.47. The summed E-state index contributed by atoms with van der Waals surface area (Å²) in [6, 6.07) is 13.7. The van der Waals surface area contributed by atoms with Gasteiger partial charge in [0.05, 0.1) is 0 Å². The zero-order chi connectivity index (χ0) is 9.71. The molecule has 2 aromatic rings. The van der Waals surface area contributed by atoms with E-state index in [4.69, 9.17) is 0 Å². The predicted octanol–water partition coefficient (Wildman–Crippen LogP) is 4.66. The molecule has 0 atom stereocenters. The van der Waals surface area contributed by atoms with Crippen LogP contribution >= 0.6 is 31.9 Å². The molecule has 0 bridgehead atoms. The third-order valence-electron chi connectivity index (χ3n) is 2.46. The third-order valence-corrected chi connectivity index (χ3v) is 3.59. The first kappa shape index (κ1) is 8.69. The standard InChI is InChI=1S/C12H5Br2/c13-7-4-5-8-9-2-1-3-11(14)12(9)10(8)6-7/h1-5H. The van der Waals surface area contributed by atoms with Crippen molar-refractivity contribution in [1.82, 2.24) is 0 Å². The van der Waals surface area contributed by atoms with Gasteiger partial charge < -0.3 is 0 Å². The van der Waals surface area contributed by atoms with Crippen LogP contribution in [0, 0.1) is 6.07 Å². The molecule has 1 aliphatic carbocycles. The van der Waals surface area contributed by atoms with Gasteiger partial charge in [-0.2, -0.15) is 0 Å². The molecule has 14 heavy (non-hydrogen) atoms. The minimum absolute atomic E-state index is 1.01. The van der Waals surface area contributed by atoms with Crippen LogP contribution < -0.4 is 0 Å². The van der Waals surface area contributed by atoms with Gasteiger partial charge in [0.25, 0.3) is 0 Å². The Balaban J connectivity index is 2.31. The molecule has 1 radical (unpaired) electrons. The zero-order valence-electron chi connectivity index (χ0n) is 7.14. The Hall–Kier alpha value is -0.600. The summed E-state index contributed by atoms with van der Waals surface area (Å²) >= 11 is 6.99. The zero-order valence-corrected chi connectivity index (χ0v) is 10.3. The van der Waals surface area contributed by atoms with Gasteiger partial charge in [-0.1, -0.05) is 50.1 Å². The molecule has 0 aromatic heterocycles. The highest BCUT2D eigenvalue weighted by atomic mass is 79.9. The predicted molar refractivity (Wildman–Crippen MR) is 65.1 cm³/mol. The van der Waals surface area contributed by atoms with Crippen LogP contribution in [0.4, 0.5) is 0 Å². The summed E-state index contributed by atoms with van der Waals surface area (Å²) in [5, 5.41) is 0. The van der Waals surface area contributed by atoms with Gasteiger partial charge >= 0.3 is 0 Å². The number of hydrogen-bond acceptors (Lipinski definition) is 0. The van der Waals surface area contributed by atoms with Crippen LogP contribution in [0.25, 0.3) is 22.3 Å². The number of rotatable bonds is 0. The van der Waals surface area contributed by atoms with E-state index >= 15 is 0 Å². The normalized spacial score (nSPS) is 11.6. The molecular weight excluding hydrogens is 304 g/mol. The van der Waals surface area contributed by atoms with Gasteiger partial charge in [-0.3, -0.25) is 0 Å². The maximum absolute atomic E-state index is 3.56. The van der Waals surface area contributed by atoms with Gasteiger partial charge in [0.15, 0.2) is 0 Å². The van der Waals surface area contributed by atoms with Gasteiger partial charge in [-0.15, -0.1) is 0 Å². The van der Waals surface area contributed by atoms with Crippen LogP contribution in [-0.2, 0) is 0 Å². The first-order valence-electron chi connectivity index (χ1n) is 4.28. The lowest BCUT2D eigenvalue weighted by atomic mass is 9.81. The van der Waals surface area contributed by atoms with Crippen LogP contribution in [0.15, 0.2) is 39.3 Å². The second-order valence-electron chi connectivity index (χ2n) is 3.26. The molecule has 0 fully saturated rings. The van der Waals surface area contributed by atoms with Crippen molar-refractivity contribution in [2.24, 2.45) is 0 Å². The molecule has 0 saturated heterocycles. The van der Waals surface area contributed by atoms with E-state index in [0.29, 0.717) is 0 Å². The minimum Gasteiger partial charge on any atom is -0.0605 e. The van der Waals surface area contributed by atoms with Gasteiger partial charge in [0.2, 0.25) is 0 Å². The van der Waals surface area contributed by atoms with Crippen molar-refractivity contribution in [3.8, 4) is 22.3 Å². The highest BCUT2D eigenvalue weighted by Crippen LogP contribution is 2.50. The first-order valence-corrected chi connectivity index (χ1v) is 5.87. The van der Waals surface area contributed by atoms with Crippen molar-refractivity contribution in [2.75, 3.05) is 0 Å². The van der Waals surface area contributed by atoms with Crippen molar-refractivity contribution in [3.05, 3.63) is 45.3 Å². The molecule has 0 heterocycles. The molecule has 0 aliphatic heterocycles. The molecule has 2 aromatic carbocycles. The lowest BCUT2D eigenvalue weighted by Gasteiger charge is -2.24. The Morgan fingerprint density at radius 1 is 0.929 bits per heavy atom. The van der Waals surface area contributed by atoms with Crippen LogP contribution in [0.5, 0.6) is 0 Å². The molecule has 2 heteroatoms. The fourth-order valence-electron chi connectivity index (χ4n) is 1.83. The second kappa shape index (κ2) is 2.94. The van der Waals surface area contributed by atoms with E-state index in [9.17, 15) is 0 Å². The van der Waals surface area contributed by atoms with Crippen LogP contribution in [-0.4, -0.2) is 0 Å². The van der Waals surface area contributed by atoms with Crippen LogP contribution in [0.3, 0.4) is 0 Å². The molecular formula is C12H5Br2. The Kier molecular flexibility index (Phi) is 1.83. The summed E-state index contributed by atoms with van der Waals surface area (Å²) in [5.41, 5.74) is 5.10. The molecule has 0 N–H and O–H groups in total. The van der Waals surface area contributed by atoms with Gasteiger partial charge in [0, 0.05) is 26.1 Å². The summed E-state index contributed by atoms with van der Waals surface area (Å²) < 4.78 is 2.16. The number of fused-ring (bicyclic) bond motifs is 4. The Bertz CT molecular complexity index is 530. The van der Waals surface area contributed by atoms with Gasteiger partial charge in [0.1, 0.15) is 0 Å². The van der Waals surface area contributed by atoms with E-state index in [-0.39, 0.29) is 0 Å². The second-order valence-corrected chi connectivity index (χ2v) is 4.97. The van der Waals surface area contributed by atoms with Crippen molar-refractivity contribution >= 4 is 31.9 Å². The maximum Gasteiger partial charge on any atom is 0.0261 e.